The number of carbonyl (C=O) groups is 1. The summed E-state index contributed by atoms with van der Waals surface area (Å²) >= 11 is 0. The number of rotatable bonds is 5. The summed E-state index contributed by atoms with van der Waals surface area (Å²) in [6, 6.07) is 15.4. The van der Waals surface area contributed by atoms with Crippen molar-refractivity contribution in [1.29, 1.82) is 0 Å². The first-order chi connectivity index (χ1) is 16.8. The molecule has 0 bridgehead atoms. The van der Waals surface area contributed by atoms with Gasteiger partial charge >= 0.3 is 6.18 Å². The molecule has 8 heteroatoms. The highest BCUT2D eigenvalue weighted by Crippen LogP contribution is 2.42. The van der Waals surface area contributed by atoms with Crippen LogP contribution in [-0.4, -0.2) is 20.9 Å². The molecule has 176 valence electrons. The monoisotopic (exact) mass is 474 g/mol. The number of carbonyl (C=O) groups excluding carboxylic acids is 1. The number of aromatic nitrogens is 3. The Labute approximate surface area is 200 Å². The molecule has 5 nitrogen and oxygen atoms in total. The number of halogens is 3. The molecule has 1 amide bonds. The molecule has 4 aromatic rings. The average Bonchev–Trinajstić information content (AvgIpc) is 3.71. The summed E-state index contributed by atoms with van der Waals surface area (Å²) < 4.78 is 39.0. The van der Waals surface area contributed by atoms with Gasteiger partial charge in [0.2, 0.25) is 0 Å². The number of anilines is 1. The van der Waals surface area contributed by atoms with Gasteiger partial charge < -0.3 is 5.32 Å². The summed E-state index contributed by atoms with van der Waals surface area (Å²) in [6.45, 7) is 1.97. The molecule has 5 rings (SSSR count). The van der Waals surface area contributed by atoms with Crippen LogP contribution in [0.4, 0.5) is 18.9 Å². The Kier molecular flexibility index (Phi) is 5.80. The summed E-state index contributed by atoms with van der Waals surface area (Å²) in [5, 5.41) is 2.71. The Morgan fingerprint density at radius 3 is 2.43 bits per heavy atom. The summed E-state index contributed by atoms with van der Waals surface area (Å²) in [4.78, 5) is 25.0. The molecule has 1 fully saturated rings. The Hall–Kier alpha value is -4.07. The van der Waals surface area contributed by atoms with E-state index in [1.54, 1.807) is 18.5 Å². The highest BCUT2D eigenvalue weighted by molar-refractivity contribution is 6.04. The molecular weight excluding hydrogens is 453 g/mol. The van der Waals surface area contributed by atoms with Crippen molar-refractivity contribution < 1.29 is 18.0 Å². The SMILES string of the molecule is Cc1ccc(NC(=O)c2ccnc(C(F)(F)F)c2)cc1-c1cc(-c2ccncc2)nc(C2CC2)c1. The van der Waals surface area contributed by atoms with E-state index in [9.17, 15) is 18.0 Å². The molecule has 3 heterocycles. The number of benzene rings is 1. The first-order valence-electron chi connectivity index (χ1n) is 11.2. The lowest BCUT2D eigenvalue weighted by Gasteiger charge is -2.14. The van der Waals surface area contributed by atoms with Gasteiger partial charge in [0.15, 0.2) is 0 Å². The third-order valence-corrected chi connectivity index (χ3v) is 5.94. The molecule has 0 atom stereocenters. The smallest absolute Gasteiger partial charge is 0.322 e. The van der Waals surface area contributed by atoms with E-state index >= 15 is 0 Å². The molecule has 3 aromatic heterocycles. The fourth-order valence-electron chi connectivity index (χ4n) is 3.91. The summed E-state index contributed by atoms with van der Waals surface area (Å²) in [6.07, 6.45) is 2.02. The highest BCUT2D eigenvalue weighted by Gasteiger charge is 2.33. The fraction of sp³-hybridized carbons (Fsp3) is 0.185. The molecule has 1 aliphatic carbocycles. The second-order valence-electron chi connectivity index (χ2n) is 8.59. The molecular formula is C27H21F3N4O. The largest absolute Gasteiger partial charge is 0.433 e. The predicted molar refractivity (Wildman–Crippen MR) is 127 cm³/mol. The zero-order chi connectivity index (χ0) is 24.6. The average molecular weight is 474 g/mol. The third-order valence-electron chi connectivity index (χ3n) is 5.94. The van der Waals surface area contributed by atoms with Gasteiger partial charge in [0.25, 0.3) is 5.91 Å². The molecule has 0 radical (unpaired) electrons. The lowest BCUT2D eigenvalue weighted by Crippen LogP contribution is -2.15. The first kappa shape index (κ1) is 22.7. The van der Waals surface area contributed by atoms with Crippen LogP contribution in [0.15, 0.2) is 73.2 Å². The number of hydrogen-bond donors (Lipinski definition) is 1. The summed E-state index contributed by atoms with van der Waals surface area (Å²) in [5.41, 5.74) is 4.97. The lowest BCUT2D eigenvalue weighted by atomic mass is 9.97. The summed E-state index contributed by atoms with van der Waals surface area (Å²) in [5.74, 6) is -0.202. The van der Waals surface area contributed by atoms with Gasteiger partial charge in [-0.2, -0.15) is 13.2 Å². The minimum absolute atomic E-state index is 0.116. The van der Waals surface area contributed by atoms with Crippen LogP contribution in [-0.2, 0) is 6.18 Å². The van der Waals surface area contributed by atoms with Crippen LogP contribution in [0.25, 0.3) is 22.4 Å². The molecule has 0 aliphatic heterocycles. The van der Waals surface area contributed by atoms with Crippen LogP contribution < -0.4 is 5.32 Å². The fourth-order valence-corrected chi connectivity index (χ4v) is 3.91. The van der Waals surface area contributed by atoms with Gasteiger partial charge in [-0.25, -0.2) is 0 Å². The van der Waals surface area contributed by atoms with Crippen LogP contribution in [0, 0.1) is 6.92 Å². The van der Waals surface area contributed by atoms with Gasteiger partial charge in [0.05, 0.1) is 5.69 Å². The number of pyridine rings is 3. The second kappa shape index (κ2) is 8.94. The Morgan fingerprint density at radius 1 is 0.943 bits per heavy atom. The highest BCUT2D eigenvalue weighted by atomic mass is 19.4. The number of amides is 1. The van der Waals surface area contributed by atoms with Crippen molar-refractivity contribution in [3.05, 3.63) is 95.7 Å². The van der Waals surface area contributed by atoms with Gasteiger partial charge in [-0.05, 0) is 85.0 Å². The molecule has 1 aliphatic rings. The molecule has 1 saturated carbocycles. The van der Waals surface area contributed by atoms with Gasteiger partial charge in [0.1, 0.15) is 5.69 Å². The Morgan fingerprint density at radius 2 is 1.71 bits per heavy atom. The van der Waals surface area contributed by atoms with Crippen LogP contribution in [0.1, 0.15) is 46.1 Å². The number of nitrogens with one attached hydrogen (secondary N) is 1. The minimum Gasteiger partial charge on any atom is -0.322 e. The maximum absolute atomic E-state index is 13.0. The standard InChI is InChI=1S/C27H21F3N4O/c1-16-2-5-21(33-26(35)19-8-11-32-25(14-19)27(28,29)30)15-22(16)20-12-23(17-3-4-17)34-24(13-20)18-6-9-31-10-7-18/h2,5-15,17H,3-4H2,1H3,(H,33,35). The quantitative estimate of drug-likeness (QED) is 0.351. The third kappa shape index (κ3) is 5.06. The van der Waals surface area contributed by atoms with Gasteiger partial charge in [-0.1, -0.05) is 6.07 Å². The first-order valence-corrected chi connectivity index (χ1v) is 11.2. The number of aryl methyl sites for hydroxylation is 1. The van der Waals surface area contributed by atoms with Crippen LogP contribution in [0.5, 0.6) is 0 Å². The lowest BCUT2D eigenvalue weighted by molar-refractivity contribution is -0.141. The van der Waals surface area contributed by atoms with E-state index < -0.39 is 17.8 Å². The topological polar surface area (TPSA) is 67.8 Å². The molecule has 35 heavy (non-hydrogen) atoms. The van der Waals surface area contributed by atoms with Gasteiger partial charge in [-0.15, -0.1) is 0 Å². The maximum Gasteiger partial charge on any atom is 0.433 e. The normalized spacial score (nSPS) is 13.5. The molecule has 0 spiro atoms. The zero-order valence-corrected chi connectivity index (χ0v) is 18.8. The van der Waals surface area contributed by atoms with Gasteiger partial charge in [-0.3, -0.25) is 19.7 Å². The summed E-state index contributed by atoms with van der Waals surface area (Å²) in [7, 11) is 0. The number of hydrogen-bond acceptors (Lipinski definition) is 4. The predicted octanol–water partition coefficient (Wildman–Crippen LogP) is 6.66. The van der Waals surface area contributed by atoms with Crippen LogP contribution in [0.2, 0.25) is 0 Å². The van der Waals surface area contributed by atoms with Crippen LogP contribution in [0.3, 0.4) is 0 Å². The molecule has 1 aromatic carbocycles. The van der Waals surface area contributed by atoms with E-state index in [4.69, 9.17) is 4.98 Å². The van der Waals surface area contributed by atoms with E-state index in [1.165, 1.54) is 6.07 Å². The van der Waals surface area contributed by atoms with E-state index in [0.29, 0.717) is 11.6 Å². The maximum atomic E-state index is 13.0. The van der Waals surface area contributed by atoms with Crippen molar-refractivity contribution in [2.24, 2.45) is 0 Å². The van der Waals surface area contributed by atoms with Crippen molar-refractivity contribution in [1.82, 2.24) is 15.0 Å². The van der Waals surface area contributed by atoms with Crippen LogP contribution >= 0.6 is 0 Å². The van der Waals surface area contributed by atoms with Crippen molar-refractivity contribution in [2.75, 3.05) is 5.32 Å². The van der Waals surface area contributed by atoms with Crippen molar-refractivity contribution >= 4 is 11.6 Å². The Bertz CT molecular complexity index is 1400. The molecule has 0 unspecified atom stereocenters. The molecule has 0 saturated heterocycles. The minimum atomic E-state index is -4.62. The van der Waals surface area contributed by atoms with Crippen molar-refractivity contribution in [3.63, 3.8) is 0 Å². The van der Waals surface area contributed by atoms with E-state index in [0.717, 1.165) is 58.7 Å². The van der Waals surface area contributed by atoms with Crippen molar-refractivity contribution in [3.8, 4) is 22.4 Å². The van der Waals surface area contributed by atoms with E-state index in [2.05, 4.69) is 21.4 Å². The Balaban J connectivity index is 1.48. The molecule has 1 N–H and O–H groups in total. The van der Waals surface area contributed by atoms with E-state index in [1.807, 2.05) is 37.3 Å². The van der Waals surface area contributed by atoms with Crippen molar-refractivity contribution in [2.45, 2.75) is 31.9 Å². The zero-order valence-electron chi connectivity index (χ0n) is 18.8. The second-order valence-corrected chi connectivity index (χ2v) is 8.59. The van der Waals surface area contributed by atoms with E-state index in [-0.39, 0.29) is 5.56 Å². The number of nitrogens with zero attached hydrogens (tertiary/aromatic N) is 3. The van der Waals surface area contributed by atoms with Gasteiger partial charge in [0, 0.05) is 47.0 Å². The number of alkyl halides is 3.